The Hall–Kier alpha value is -2.54. The maximum Gasteiger partial charge on any atom is 0.252 e. The Kier molecular flexibility index (Phi) is 7.05. The lowest BCUT2D eigenvalue weighted by molar-refractivity contribution is 0.0598. The molecule has 3 aromatic rings. The fourth-order valence-electron chi connectivity index (χ4n) is 6.55. The molecular formula is C28H40N6O. The average molecular weight is 477 g/mol. The lowest BCUT2D eigenvalue weighted by Crippen LogP contribution is -2.43. The van der Waals surface area contributed by atoms with Gasteiger partial charge in [-0.15, -0.1) is 5.10 Å². The molecule has 0 amide bonds. The van der Waals surface area contributed by atoms with Gasteiger partial charge in [-0.3, -0.25) is 9.69 Å². The highest BCUT2D eigenvalue weighted by molar-refractivity contribution is 5.82. The van der Waals surface area contributed by atoms with Gasteiger partial charge in [0, 0.05) is 18.2 Å². The monoisotopic (exact) mass is 476 g/mol. The van der Waals surface area contributed by atoms with Crippen LogP contribution in [0, 0.1) is 19.8 Å². The number of pyridine rings is 1. The zero-order valence-electron chi connectivity index (χ0n) is 21.8. The molecule has 188 valence electrons. The van der Waals surface area contributed by atoms with Gasteiger partial charge in [-0.2, -0.15) is 0 Å². The summed E-state index contributed by atoms with van der Waals surface area (Å²) in [6.45, 7) is 9.33. The number of rotatable bonds is 7. The van der Waals surface area contributed by atoms with Crippen LogP contribution in [-0.2, 0) is 6.54 Å². The molecule has 0 bridgehead atoms. The molecule has 2 fully saturated rings. The van der Waals surface area contributed by atoms with Crippen molar-refractivity contribution in [1.29, 1.82) is 0 Å². The van der Waals surface area contributed by atoms with Gasteiger partial charge in [-0.05, 0) is 79.0 Å². The summed E-state index contributed by atoms with van der Waals surface area (Å²) in [7, 11) is 0. The summed E-state index contributed by atoms with van der Waals surface area (Å²) in [5.41, 5.74) is 4.12. The molecule has 2 aliphatic carbocycles. The zero-order valence-corrected chi connectivity index (χ0v) is 21.8. The zero-order chi connectivity index (χ0) is 24.5. The molecule has 0 saturated heterocycles. The van der Waals surface area contributed by atoms with Crippen molar-refractivity contribution in [3.8, 4) is 0 Å². The number of H-pyrrole nitrogens is 1. The molecule has 2 heterocycles. The molecule has 0 unspecified atom stereocenters. The Morgan fingerprint density at radius 2 is 1.74 bits per heavy atom. The number of tetrazole rings is 1. The first-order chi connectivity index (χ1) is 16.9. The smallest absolute Gasteiger partial charge is 0.252 e. The Morgan fingerprint density at radius 3 is 2.46 bits per heavy atom. The van der Waals surface area contributed by atoms with Crippen LogP contribution in [0.4, 0.5) is 0 Å². The van der Waals surface area contributed by atoms with Crippen molar-refractivity contribution in [3.05, 3.63) is 51.1 Å². The van der Waals surface area contributed by atoms with Crippen molar-refractivity contribution in [2.45, 2.75) is 110 Å². The van der Waals surface area contributed by atoms with E-state index >= 15 is 0 Å². The molecule has 2 aliphatic rings. The summed E-state index contributed by atoms with van der Waals surface area (Å²) < 4.78 is 2.12. The van der Waals surface area contributed by atoms with Crippen molar-refractivity contribution >= 4 is 10.9 Å². The molecule has 7 heteroatoms. The molecular weight excluding hydrogens is 436 g/mol. The summed E-state index contributed by atoms with van der Waals surface area (Å²) >= 11 is 0. The van der Waals surface area contributed by atoms with Crippen LogP contribution in [0.1, 0.15) is 106 Å². The van der Waals surface area contributed by atoms with E-state index in [9.17, 15) is 4.79 Å². The number of aromatic nitrogens is 5. The number of nitrogens with zero attached hydrogens (tertiary/aromatic N) is 5. The predicted octanol–water partition coefficient (Wildman–Crippen LogP) is 5.78. The highest BCUT2D eigenvalue weighted by Crippen LogP contribution is 2.38. The fraction of sp³-hybridized carbons (Fsp3) is 0.643. The third kappa shape index (κ3) is 4.92. The topological polar surface area (TPSA) is 79.7 Å². The van der Waals surface area contributed by atoms with Crippen molar-refractivity contribution in [2.24, 2.45) is 5.92 Å². The number of aromatic amines is 1. The molecule has 5 rings (SSSR count). The van der Waals surface area contributed by atoms with Crippen molar-refractivity contribution in [2.75, 3.05) is 0 Å². The number of aryl methyl sites for hydroxylation is 2. The lowest BCUT2D eigenvalue weighted by Gasteiger charge is -2.41. The van der Waals surface area contributed by atoms with Crippen LogP contribution in [0.3, 0.4) is 0 Å². The standard InChI is InChI=1S/C28H40N6O/c1-18(2)26(27-30-31-32-34(27)24-12-8-9-13-24)33(23-10-6-5-7-11-23)17-22-16-21-15-19(3)14-20(4)25(21)29-28(22)35/h14-16,18,23-24,26H,5-13,17H2,1-4H3,(H,29,35)/t26-/m1/s1. The highest BCUT2D eigenvalue weighted by atomic mass is 16.1. The first-order valence-corrected chi connectivity index (χ1v) is 13.6. The van der Waals surface area contributed by atoms with Gasteiger partial charge in [-0.25, -0.2) is 4.68 Å². The van der Waals surface area contributed by atoms with E-state index in [1.807, 2.05) is 0 Å². The van der Waals surface area contributed by atoms with Gasteiger partial charge in [0.15, 0.2) is 5.82 Å². The van der Waals surface area contributed by atoms with Gasteiger partial charge < -0.3 is 4.98 Å². The van der Waals surface area contributed by atoms with E-state index in [4.69, 9.17) is 0 Å². The van der Waals surface area contributed by atoms with Gasteiger partial charge >= 0.3 is 0 Å². The first kappa shape index (κ1) is 24.2. The second-order valence-electron chi connectivity index (χ2n) is 11.2. The maximum atomic E-state index is 13.3. The average Bonchev–Trinajstić information content (AvgIpc) is 3.52. The molecule has 2 saturated carbocycles. The molecule has 1 atom stereocenters. The maximum absolute atomic E-state index is 13.3. The summed E-state index contributed by atoms with van der Waals surface area (Å²) in [5, 5.41) is 14.3. The molecule has 2 aromatic heterocycles. The van der Waals surface area contributed by atoms with Crippen molar-refractivity contribution in [3.63, 3.8) is 0 Å². The fourth-order valence-corrected chi connectivity index (χ4v) is 6.55. The predicted molar refractivity (Wildman–Crippen MR) is 139 cm³/mol. The van der Waals surface area contributed by atoms with Crippen LogP contribution < -0.4 is 5.56 Å². The molecule has 0 aliphatic heterocycles. The number of benzene rings is 1. The Labute approximate surface area is 208 Å². The van der Waals surface area contributed by atoms with E-state index < -0.39 is 0 Å². The lowest BCUT2D eigenvalue weighted by atomic mass is 9.90. The van der Waals surface area contributed by atoms with Crippen LogP contribution in [0.2, 0.25) is 0 Å². The van der Waals surface area contributed by atoms with Gasteiger partial charge in [-0.1, -0.05) is 57.6 Å². The van der Waals surface area contributed by atoms with E-state index in [1.165, 1.54) is 37.7 Å². The molecule has 35 heavy (non-hydrogen) atoms. The van der Waals surface area contributed by atoms with E-state index in [1.54, 1.807) is 0 Å². The number of hydrogen-bond acceptors (Lipinski definition) is 5. The third-order valence-corrected chi connectivity index (χ3v) is 8.21. The minimum absolute atomic E-state index is 0.0168. The summed E-state index contributed by atoms with van der Waals surface area (Å²) in [5.74, 6) is 1.30. The summed E-state index contributed by atoms with van der Waals surface area (Å²) in [6, 6.07) is 7.31. The number of fused-ring (bicyclic) bond motifs is 1. The van der Waals surface area contributed by atoms with Crippen LogP contribution in [0.5, 0.6) is 0 Å². The second-order valence-corrected chi connectivity index (χ2v) is 11.2. The molecule has 0 spiro atoms. The largest absolute Gasteiger partial charge is 0.321 e. The summed E-state index contributed by atoms with van der Waals surface area (Å²) in [4.78, 5) is 19.1. The first-order valence-electron chi connectivity index (χ1n) is 13.6. The van der Waals surface area contributed by atoms with Gasteiger partial charge in [0.05, 0.1) is 17.6 Å². The van der Waals surface area contributed by atoms with E-state index in [0.29, 0.717) is 24.5 Å². The van der Waals surface area contributed by atoms with Crippen molar-refractivity contribution in [1.82, 2.24) is 30.1 Å². The quantitative estimate of drug-likeness (QED) is 0.468. The van der Waals surface area contributed by atoms with E-state index in [-0.39, 0.29) is 11.6 Å². The molecule has 1 N–H and O–H groups in total. The number of hydrogen-bond donors (Lipinski definition) is 1. The number of nitrogens with one attached hydrogen (secondary N) is 1. The normalized spacial score (nSPS) is 18.8. The van der Waals surface area contributed by atoms with Gasteiger partial charge in [0.1, 0.15) is 0 Å². The second kappa shape index (κ2) is 10.2. The van der Waals surface area contributed by atoms with E-state index in [0.717, 1.165) is 53.5 Å². The van der Waals surface area contributed by atoms with Gasteiger partial charge in [0.2, 0.25) is 0 Å². The molecule has 0 radical (unpaired) electrons. The minimum atomic E-state index is 0.0168. The Balaban J connectivity index is 1.57. The van der Waals surface area contributed by atoms with E-state index in [2.05, 4.69) is 76.0 Å². The minimum Gasteiger partial charge on any atom is -0.321 e. The third-order valence-electron chi connectivity index (χ3n) is 8.21. The Bertz CT molecular complexity index is 1220. The van der Waals surface area contributed by atoms with Gasteiger partial charge in [0.25, 0.3) is 5.56 Å². The van der Waals surface area contributed by atoms with Crippen LogP contribution in [-0.4, -0.2) is 36.1 Å². The van der Waals surface area contributed by atoms with Crippen molar-refractivity contribution < 1.29 is 0 Å². The molecule has 1 aromatic carbocycles. The van der Waals surface area contributed by atoms with Crippen LogP contribution in [0.15, 0.2) is 23.0 Å². The highest BCUT2D eigenvalue weighted by Gasteiger charge is 2.36. The Morgan fingerprint density at radius 1 is 1.03 bits per heavy atom. The van der Waals surface area contributed by atoms with Crippen LogP contribution in [0.25, 0.3) is 10.9 Å². The SMILES string of the molecule is Cc1cc(C)c2[nH]c(=O)c(CN(C3CCCCC3)[C@@H](c3nnnn3C3CCCC3)C(C)C)cc2c1. The van der Waals surface area contributed by atoms with Crippen LogP contribution >= 0.6 is 0 Å². The molecule has 7 nitrogen and oxygen atoms in total. The summed E-state index contributed by atoms with van der Waals surface area (Å²) in [6.07, 6.45) is 10.9.